The summed E-state index contributed by atoms with van der Waals surface area (Å²) in [4.78, 5) is 12.7. The normalized spacial score (nSPS) is 10.8. The van der Waals surface area contributed by atoms with Gasteiger partial charge in [0.25, 0.3) is 0 Å². The van der Waals surface area contributed by atoms with E-state index in [1.807, 2.05) is 68.4 Å². The van der Waals surface area contributed by atoms with Gasteiger partial charge >= 0.3 is 0 Å². The highest BCUT2D eigenvalue weighted by molar-refractivity contribution is 7.99. The number of hydrogen-bond donors (Lipinski definition) is 1. The molecule has 0 fully saturated rings. The van der Waals surface area contributed by atoms with E-state index in [-0.39, 0.29) is 11.7 Å². The predicted molar refractivity (Wildman–Crippen MR) is 124 cm³/mol. The molecular formula is C24H23N5OS. The number of nitrogens with one attached hydrogen (secondary N) is 1. The van der Waals surface area contributed by atoms with E-state index in [1.54, 1.807) is 4.68 Å². The second-order valence-electron chi connectivity index (χ2n) is 7.32. The van der Waals surface area contributed by atoms with E-state index < -0.39 is 0 Å². The van der Waals surface area contributed by atoms with E-state index in [9.17, 15) is 4.79 Å². The van der Waals surface area contributed by atoms with Crippen molar-refractivity contribution >= 4 is 23.4 Å². The molecule has 0 unspecified atom stereocenters. The third-order valence-electron chi connectivity index (χ3n) is 4.88. The summed E-state index contributed by atoms with van der Waals surface area (Å²) in [5.74, 6) is 0.117. The Balaban J connectivity index is 1.43. The molecule has 1 N–H and O–H groups in total. The number of carbonyl (C=O) groups is 1. The summed E-state index contributed by atoms with van der Waals surface area (Å²) >= 11 is 1.31. The van der Waals surface area contributed by atoms with Crippen LogP contribution in [0.3, 0.4) is 0 Å². The van der Waals surface area contributed by atoms with Gasteiger partial charge in [-0.1, -0.05) is 78.0 Å². The Kier molecular flexibility index (Phi) is 6.43. The van der Waals surface area contributed by atoms with Crippen molar-refractivity contribution in [2.45, 2.75) is 25.4 Å². The minimum atomic E-state index is -0.0966. The minimum absolute atomic E-state index is 0.0966. The Morgan fingerprint density at radius 1 is 1.00 bits per heavy atom. The number of tetrazole rings is 1. The van der Waals surface area contributed by atoms with E-state index in [4.69, 9.17) is 0 Å². The molecule has 4 aromatic rings. The Morgan fingerprint density at radius 3 is 2.58 bits per heavy atom. The highest BCUT2D eigenvalue weighted by atomic mass is 32.2. The van der Waals surface area contributed by atoms with Gasteiger partial charge in [0.1, 0.15) is 0 Å². The number of amides is 1. The molecule has 4 rings (SSSR count). The van der Waals surface area contributed by atoms with Gasteiger partial charge in [0.05, 0.1) is 11.4 Å². The third-order valence-corrected chi connectivity index (χ3v) is 5.80. The molecule has 1 aromatic heterocycles. The average Bonchev–Trinajstić information content (AvgIpc) is 3.23. The Hall–Kier alpha value is -3.45. The Bertz CT molecular complexity index is 1190. The lowest BCUT2D eigenvalue weighted by Gasteiger charge is -2.11. The summed E-state index contributed by atoms with van der Waals surface area (Å²) in [5.41, 5.74) is 6.27. The number of thioether (sulfide) groups is 1. The summed E-state index contributed by atoms with van der Waals surface area (Å²) in [7, 11) is 0. The molecule has 0 saturated heterocycles. The predicted octanol–water partition coefficient (Wildman–Crippen LogP) is 4.60. The van der Waals surface area contributed by atoms with Crippen LogP contribution in [0.25, 0.3) is 5.69 Å². The zero-order valence-electron chi connectivity index (χ0n) is 17.4. The van der Waals surface area contributed by atoms with Gasteiger partial charge in [0.2, 0.25) is 11.1 Å². The first-order valence-electron chi connectivity index (χ1n) is 10.0. The summed E-state index contributed by atoms with van der Waals surface area (Å²) in [6, 6.07) is 24.2. The van der Waals surface area contributed by atoms with Crippen LogP contribution < -0.4 is 5.32 Å². The van der Waals surface area contributed by atoms with Crippen molar-refractivity contribution in [2.75, 3.05) is 11.1 Å². The molecule has 0 aliphatic heterocycles. The first-order chi connectivity index (χ1) is 15.1. The lowest BCUT2D eigenvalue weighted by atomic mass is 10.0. The monoisotopic (exact) mass is 429 g/mol. The number of anilines is 1. The molecule has 0 saturated carbocycles. The molecule has 0 atom stereocenters. The Morgan fingerprint density at radius 2 is 1.77 bits per heavy atom. The molecule has 1 heterocycles. The lowest BCUT2D eigenvalue weighted by Crippen LogP contribution is -2.16. The van der Waals surface area contributed by atoms with Crippen LogP contribution in [-0.4, -0.2) is 31.9 Å². The van der Waals surface area contributed by atoms with Gasteiger partial charge in [0.15, 0.2) is 0 Å². The van der Waals surface area contributed by atoms with Gasteiger partial charge in [-0.3, -0.25) is 4.79 Å². The van der Waals surface area contributed by atoms with Crippen molar-refractivity contribution in [3.05, 3.63) is 95.1 Å². The third kappa shape index (κ3) is 5.19. The maximum Gasteiger partial charge on any atom is 0.234 e. The first-order valence-corrected chi connectivity index (χ1v) is 11.0. The van der Waals surface area contributed by atoms with Crippen LogP contribution in [0.5, 0.6) is 0 Å². The highest BCUT2D eigenvalue weighted by Gasteiger charge is 2.14. The summed E-state index contributed by atoms with van der Waals surface area (Å²) in [5, 5.41) is 15.6. The number of para-hydroxylation sites is 1. The number of carbonyl (C=O) groups excluding carboxylic acids is 1. The van der Waals surface area contributed by atoms with E-state index in [2.05, 4.69) is 39.0 Å². The smallest absolute Gasteiger partial charge is 0.234 e. The molecule has 0 aliphatic carbocycles. The van der Waals surface area contributed by atoms with Crippen molar-refractivity contribution < 1.29 is 4.79 Å². The summed E-state index contributed by atoms with van der Waals surface area (Å²) < 4.78 is 1.68. The quantitative estimate of drug-likeness (QED) is 0.435. The molecular weight excluding hydrogens is 406 g/mol. The molecule has 0 aliphatic rings. The highest BCUT2D eigenvalue weighted by Crippen LogP contribution is 2.23. The second kappa shape index (κ2) is 9.57. The standard InChI is InChI=1S/C24H23N5OS/c1-17-12-13-22(18(2)14-17)29-24(26-27-28-29)31-16-23(30)25-21-11-7-6-10-20(21)15-19-8-4-3-5-9-19/h3-14H,15-16H2,1-2H3,(H,25,30). The lowest BCUT2D eigenvalue weighted by molar-refractivity contribution is -0.113. The van der Waals surface area contributed by atoms with E-state index >= 15 is 0 Å². The van der Waals surface area contributed by atoms with Crippen molar-refractivity contribution in [3.63, 3.8) is 0 Å². The van der Waals surface area contributed by atoms with Crippen LogP contribution >= 0.6 is 11.8 Å². The second-order valence-corrected chi connectivity index (χ2v) is 8.26. The van der Waals surface area contributed by atoms with Crippen LogP contribution in [0.4, 0.5) is 5.69 Å². The molecule has 0 spiro atoms. The van der Waals surface area contributed by atoms with Crippen molar-refractivity contribution in [2.24, 2.45) is 0 Å². The number of rotatable bonds is 7. The summed E-state index contributed by atoms with van der Waals surface area (Å²) in [6.45, 7) is 4.07. The number of aryl methyl sites for hydroxylation is 2. The van der Waals surface area contributed by atoms with Gasteiger partial charge in [-0.2, -0.15) is 4.68 Å². The fourth-order valence-electron chi connectivity index (χ4n) is 3.39. The van der Waals surface area contributed by atoms with E-state index in [1.165, 1.54) is 22.9 Å². The van der Waals surface area contributed by atoms with Crippen LogP contribution in [0.2, 0.25) is 0 Å². The van der Waals surface area contributed by atoms with Gasteiger partial charge in [-0.05, 0) is 59.5 Å². The minimum Gasteiger partial charge on any atom is -0.325 e. The first kappa shape index (κ1) is 20.8. The number of benzene rings is 3. The largest absolute Gasteiger partial charge is 0.325 e. The van der Waals surface area contributed by atoms with Crippen molar-refractivity contribution in [1.82, 2.24) is 20.2 Å². The van der Waals surface area contributed by atoms with Crippen molar-refractivity contribution in [3.8, 4) is 5.69 Å². The fourth-order valence-corrected chi connectivity index (χ4v) is 4.08. The van der Waals surface area contributed by atoms with Crippen LogP contribution in [-0.2, 0) is 11.2 Å². The molecule has 3 aromatic carbocycles. The van der Waals surface area contributed by atoms with Gasteiger partial charge in [-0.15, -0.1) is 5.10 Å². The number of hydrogen-bond acceptors (Lipinski definition) is 5. The number of nitrogens with zero attached hydrogens (tertiary/aromatic N) is 4. The van der Waals surface area contributed by atoms with E-state index in [0.29, 0.717) is 5.16 Å². The molecule has 6 nitrogen and oxygen atoms in total. The maximum atomic E-state index is 12.7. The molecule has 0 bridgehead atoms. The molecule has 0 radical (unpaired) electrons. The van der Waals surface area contributed by atoms with Crippen LogP contribution in [0.1, 0.15) is 22.3 Å². The van der Waals surface area contributed by atoms with Gasteiger partial charge in [0, 0.05) is 5.69 Å². The fraction of sp³-hybridized carbons (Fsp3) is 0.167. The van der Waals surface area contributed by atoms with Gasteiger partial charge < -0.3 is 5.32 Å². The SMILES string of the molecule is Cc1ccc(-n2nnnc2SCC(=O)Nc2ccccc2Cc2ccccc2)c(C)c1. The molecule has 31 heavy (non-hydrogen) atoms. The average molecular weight is 430 g/mol. The zero-order valence-corrected chi connectivity index (χ0v) is 18.3. The van der Waals surface area contributed by atoms with Gasteiger partial charge in [-0.25, -0.2) is 0 Å². The number of aromatic nitrogens is 4. The molecule has 1 amide bonds. The zero-order chi connectivity index (χ0) is 21.6. The Labute approximate surface area is 185 Å². The molecule has 156 valence electrons. The van der Waals surface area contributed by atoms with Crippen LogP contribution in [0.15, 0.2) is 78.0 Å². The topological polar surface area (TPSA) is 72.7 Å². The molecule has 7 heteroatoms. The summed E-state index contributed by atoms with van der Waals surface area (Å²) in [6.07, 6.45) is 0.759. The van der Waals surface area contributed by atoms with Crippen molar-refractivity contribution in [1.29, 1.82) is 0 Å². The maximum absolute atomic E-state index is 12.7. The van der Waals surface area contributed by atoms with E-state index in [0.717, 1.165) is 28.9 Å². The van der Waals surface area contributed by atoms with Crippen LogP contribution in [0, 0.1) is 13.8 Å².